The highest BCUT2D eigenvalue weighted by atomic mass is 35.5. The number of fused-ring (bicyclic) bond motifs is 1. The molecule has 5 rings (SSSR count). The third-order valence-electron chi connectivity index (χ3n) is 5.39. The number of halogens is 2. The second-order valence-corrected chi connectivity index (χ2v) is 8.03. The van der Waals surface area contributed by atoms with Crippen molar-refractivity contribution in [3.05, 3.63) is 53.8 Å². The predicted molar refractivity (Wildman–Crippen MR) is 127 cm³/mol. The Hall–Kier alpha value is -3.10. The first kappa shape index (κ1) is 22.1. The van der Waals surface area contributed by atoms with Gasteiger partial charge >= 0.3 is 0 Å². The number of hydrogen-bond acceptors (Lipinski definition) is 6. The SMILES string of the molecule is Cl.Cn1cc2cc(NC(=O)c3coc(-c4ccnc(Cl)c4)n3)c(N3CCCCC3)cc2n1. The zero-order valence-corrected chi connectivity index (χ0v) is 19.0. The number of carbonyl (C=O) groups is 1. The van der Waals surface area contributed by atoms with Crippen LogP contribution in [0.3, 0.4) is 0 Å². The summed E-state index contributed by atoms with van der Waals surface area (Å²) in [6, 6.07) is 7.38. The fraction of sp³-hybridized carbons (Fsp3) is 0.273. The number of aryl methyl sites for hydroxylation is 1. The van der Waals surface area contributed by atoms with Crippen molar-refractivity contribution in [2.24, 2.45) is 7.05 Å². The molecule has 4 aromatic rings. The molecule has 8 nitrogen and oxygen atoms in total. The first-order valence-corrected chi connectivity index (χ1v) is 10.6. The molecule has 32 heavy (non-hydrogen) atoms. The van der Waals surface area contributed by atoms with Gasteiger partial charge in [-0.3, -0.25) is 9.48 Å². The van der Waals surface area contributed by atoms with Gasteiger partial charge in [-0.25, -0.2) is 9.97 Å². The van der Waals surface area contributed by atoms with E-state index < -0.39 is 0 Å². The number of pyridine rings is 1. The van der Waals surface area contributed by atoms with Gasteiger partial charge < -0.3 is 14.6 Å². The number of carbonyl (C=O) groups excluding carboxylic acids is 1. The number of amides is 1. The average molecular weight is 473 g/mol. The van der Waals surface area contributed by atoms with Crippen molar-refractivity contribution in [1.29, 1.82) is 0 Å². The number of nitrogens with zero attached hydrogens (tertiary/aromatic N) is 5. The van der Waals surface area contributed by atoms with Gasteiger partial charge in [-0.15, -0.1) is 12.4 Å². The first-order chi connectivity index (χ1) is 15.1. The van der Waals surface area contributed by atoms with E-state index >= 15 is 0 Å². The zero-order chi connectivity index (χ0) is 21.4. The van der Waals surface area contributed by atoms with Crippen molar-refractivity contribution in [2.45, 2.75) is 19.3 Å². The molecule has 0 aliphatic carbocycles. The summed E-state index contributed by atoms with van der Waals surface area (Å²) in [6.45, 7) is 1.91. The molecule has 10 heteroatoms. The number of rotatable bonds is 4. The predicted octanol–water partition coefficient (Wildman–Crippen LogP) is 4.94. The molecule has 1 aliphatic heterocycles. The van der Waals surface area contributed by atoms with Crippen LogP contribution in [0.4, 0.5) is 11.4 Å². The summed E-state index contributed by atoms with van der Waals surface area (Å²) in [5, 5.41) is 8.84. The normalized spacial score (nSPS) is 13.8. The molecule has 1 aliphatic rings. The van der Waals surface area contributed by atoms with Gasteiger partial charge in [0.15, 0.2) is 5.69 Å². The molecule has 1 N–H and O–H groups in total. The van der Waals surface area contributed by atoms with Crippen molar-refractivity contribution in [1.82, 2.24) is 19.7 Å². The van der Waals surface area contributed by atoms with Crippen molar-refractivity contribution in [2.75, 3.05) is 23.3 Å². The van der Waals surface area contributed by atoms with Gasteiger partial charge in [0, 0.05) is 43.5 Å². The topological polar surface area (TPSA) is 89.1 Å². The lowest BCUT2D eigenvalue weighted by molar-refractivity contribution is 0.102. The molecule has 4 heterocycles. The van der Waals surface area contributed by atoms with Crippen LogP contribution in [0.2, 0.25) is 5.15 Å². The fourth-order valence-corrected chi connectivity index (χ4v) is 4.09. The van der Waals surface area contributed by atoms with Crippen LogP contribution in [0.1, 0.15) is 29.8 Å². The van der Waals surface area contributed by atoms with E-state index in [-0.39, 0.29) is 24.0 Å². The van der Waals surface area contributed by atoms with Crippen LogP contribution >= 0.6 is 24.0 Å². The highest BCUT2D eigenvalue weighted by Crippen LogP contribution is 2.33. The Kier molecular flexibility index (Phi) is 6.34. The summed E-state index contributed by atoms with van der Waals surface area (Å²) in [7, 11) is 1.89. The molecule has 0 atom stereocenters. The molecule has 0 unspecified atom stereocenters. The van der Waals surface area contributed by atoms with Crippen LogP contribution in [-0.4, -0.2) is 38.7 Å². The molecule has 166 valence electrons. The van der Waals surface area contributed by atoms with Crippen LogP contribution in [0, 0.1) is 0 Å². The molecule has 1 fully saturated rings. The van der Waals surface area contributed by atoms with E-state index in [0.29, 0.717) is 16.6 Å². The largest absolute Gasteiger partial charge is 0.444 e. The third kappa shape index (κ3) is 4.42. The van der Waals surface area contributed by atoms with Crippen molar-refractivity contribution in [3.8, 4) is 11.5 Å². The maximum absolute atomic E-state index is 13.0. The molecule has 0 saturated carbocycles. The van der Waals surface area contributed by atoms with Crippen LogP contribution in [0.15, 0.2) is 47.3 Å². The van der Waals surface area contributed by atoms with Gasteiger partial charge in [0.25, 0.3) is 5.91 Å². The summed E-state index contributed by atoms with van der Waals surface area (Å²) in [5.74, 6) is -0.0231. The second-order valence-electron chi connectivity index (χ2n) is 7.64. The Labute approximate surface area is 196 Å². The summed E-state index contributed by atoms with van der Waals surface area (Å²) in [6.07, 6.45) is 8.35. The van der Waals surface area contributed by atoms with E-state index in [0.717, 1.165) is 48.2 Å². The summed E-state index contributed by atoms with van der Waals surface area (Å²) >= 11 is 5.94. The number of piperidine rings is 1. The van der Waals surface area contributed by atoms with Gasteiger partial charge in [-0.2, -0.15) is 5.10 Å². The Morgan fingerprint density at radius 3 is 2.78 bits per heavy atom. The molecular weight excluding hydrogens is 451 g/mol. The standard InChI is InChI=1S/C22H21ClN6O2.ClH/c1-28-12-15-9-17(19(11-16(15)27-28)29-7-3-2-4-8-29)25-21(30)18-13-31-22(26-18)14-5-6-24-20(23)10-14;/h5-6,9-13H,2-4,7-8H2,1H3,(H,25,30);1H. The van der Waals surface area contributed by atoms with Gasteiger partial charge in [0.2, 0.25) is 5.89 Å². The Bertz CT molecular complexity index is 1260. The number of benzene rings is 1. The van der Waals surface area contributed by atoms with Crippen LogP contribution in [0.5, 0.6) is 0 Å². The van der Waals surface area contributed by atoms with Gasteiger partial charge in [-0.05, 0) is 43.5 Å². The maximum atomic E-state index is 13.0. The van der Waals surface area contributed by atoms with Crippen molar-refractivity contribution < 1.29 is 9.21 Å². The molecule has 0 spiro atoms. The first-order valence-electron chi connectivity index (χ1n) is 10.2. The van der Waals surface area contributed by atoms with Crippen molar-refractivity contribution >= 4 is 52.2 Å². The van der Waals surface area contributed by atoms with Gasteiger partial charge in [-0.1, -0.05) is 11.6 Å². The molecule has 1 aromatic carbocycles. The quantitative estimate of drug-likeness (QED) is 0.423. The molecule has 1 saturated heterocycles. The maximum Gasteiger partial charge on any atom is 0.277 e. The lowest BCUT2D eigenvalue weighted by atomic mass is 10.1. The number of oxazole rings is 1. The number of aromatic nitrogens is 4. The zero-order valence-electron chi connectivity index (χ0n) is 17.4. The molecule has 3 aromatic heterocycles. The highest BCUT2D eigenvalue weighted by molar-refractivity contribution is 6.29. The number of anilines is 2. The lowest BCUT2D eigenvalue weighted by Crippen LogP contribution is -2.30. The third-order valence-corrected chi connectivity index (χ3v) is 5.60. The number of hydrogen-bond donors (Lipinski definition) is 1. The second kappa shape index (κ2) is 9.18. The monoisotopic (exact) mass is 472 g/mol. The fourth-order valence-electron chi connectivity index (χ4n) is 3.91. The van der Waals surface area contributed by atoms with E-state index in [9.17, 15) is 4.79 Å². The molecule has 1 amide bonds. The summed E-state index contributed by atoms with van der Waals surface area (Å²) in [4.78, 5) is 23.6. The number of nitrogens with one attached hydrogen (secondary N) is 1. The minimum Gasteiger partial charge on any atom is -0.444 e. The molecule has 0 radical (unpaired) electrons. The Balaban J connectivity index is 0.00000245. The van der Waals surface area contributed by atoms with E-state index in [1.807, 2.05) is 25.4 Å². The van der Waals surface area contributed by atoms with E-state index in [1.165, 1.54) is 12.7 Å². The highest BCUT2D eigenvalue weighted by Gasteiger charge is 2.20. The van der Waals surface area contributed by atoms with Crippen LogP contribution in [-0.2, 0) is 7.05 Å². The van der Waals surface area contributed by atoms with E-state index in [2.05, 4.69) is 25.3 Å². The van der Waals surface area contributed by atoms with Crippen LogP contribution in [0.25, 0.3) is 22.4 Å². The van der Waals surface area contributed by atoms with Crippen LogP contribution < -0.4 is 10.2 Å². The van der Waals surface area contributed by atoms with Crippen molar-refractivity contribution in [3.63, 3.8) is 0 Å². The van der Waals surface area contributed by atoms with E-state index in [4.69, 9.17) is 16.0 Å². The molecular formula is C22H22Cl2N6O2. The minimum absolute atomic E-state index is 0. The Morgan fingerprint density at radius 1 is 1.19 bits per heavy atom. The Morgan fingerprint density at radius 2 is 2.00 bits per heavy atom. The smallest absolute Gasteiger partial charge is 0.277 e. The lowest BCUT2D eigenvalue weighted by Gasteiger charge is -2.30. The summed E-state index contributed by atoms with van der Waals surface area (Å²) in [5.41, 5.74) is 3.47. The van der Waals surface area contributed by atoms with E-state index in [1.54, 1.807) is 23.0 Å². The summed E-state index contributed by atoms with van der Waals surface area (Å²) < 4.78 is 7.28. The van der Waals surface area contributed by atoms with Gasteiger partial charge in [0.1, 0.15) is 11.4 Å². The van der Waals surface area contributed by atoms with Gasteiger partial charge in [0.05, 0.1) is 16.9 Å². The molecule has 0 bridgehead atoms. The minimum atomic E-state index is -0.336. The average Bonchev–Trinajstić information content (AvgIpc) is 3.40.